The summed E-state index contributed by atoms with van der Waals surface area (Å²) >= 11 is 0. The average Bonchev–Trinajstić information content (AvgIpc) is 3.70. The van der Waals surface area contributed by atoms with Crippen molar-refractivity contribution in [1.29, 1.82) is 0 Å². The molecule has 0 N–H and O–H groups in total. The van der Waals surface area contributed by atoms with Gasteiger partial charge >= 0.3 is 0 Å². The SMILES string of the molecule is c1ccc(-c2cc(-c3ccccc3)nc(-c3ccc(-c4cccc5c6cccc(-c7nc(-c8ccccc8)nc(-c8ccccc8)n7)c6n(-c6ccccc6)c45)cc3)n2)cc1. The predicted octanol–water partition coefficient (Wildman–Crippen LogP) is 13.4. The molecule has 0 amide bonds. The first-order valence-electron chi connectivity index (χ1n) is 20.3. The van der Waals surface area contributed by atoms with Crippen LogP contribution in [0, 0.1) is 0 Å². The highest BCUT2D eigenvalue weighted by Gasteiger charge is 2.22. The summed E-state index contributed by atoms with van der Waals surface area (Å²) in [6, 6.07) is 75.1. The molecule has 61 heavy (non-hydrogen) atoms. The molecule has 3 aromatic heterocycles. The molecule has 0 atom stereocenters. The van der Waals surface area contributed by atoms with E-state index in [1.807, 2.05) is 97.1 Å². The average molecular weight is 781 g/mol. The first-order chi connectivity index (χ1) is 30.2. The zero-order chi connectivity index (χ0) is 40.5. The number of nitrogens with zero attached hydrogens (tertiary/aromatic N) is 6. The van der Waals surface area contributed by atoms with Crippen LogP contribution in [-0.4, -0.2) is 29.5 Å². The molecule has 0 unspecified atom stereocenters. The maximum absolute atomic E-state index is 5.18. The molecule has 11 aromatic rings. The Balaban J connectivity index is 1.10. The summed E-state index contributed by atoms with van der Waals surface area (Å²) in [6.45, 7) is 0. The van der Waals surface area contributed by atoms with E-state index in [1.54, 1.807) is 0 Å². The highest BCUT2D eigenvalue weighted by molar-refractivity contribution is 6.17. The fourth-order valence-corrected chi connectivity index (χ4v) is 8.18. The normalized spacial score (nSPS) is 11.3. The van der Waals surface area contributed by atoms with Crippen LogP contribution in [-0.2, 0) is 0 Å². The van der Waals surface area contributed by atoms with Crippen molar-refractivity contribution in [2.24, 2.45) is 0 Å². The number of para-hydroxylation sites is 3. The summed E-state index contributed by atoms with van der Waals surface area (Å²) in [5.41, 5.74) is 12.9. The van der Waals surface area contributed by atoms with Gasteiger partial charge in [0.25, 0.3) is 0 Å². The van der Waals surface area contributed by atoms with Gasteiger partial charge in [0.05, 0.1) is 22.4 Å². The summed E-state index contributed by atoms with van der Waals surface area (Å²) < 4.78 is 2.37. The first kappa shape index (κ1) is 35.8. The zero-order valence-electron chi connectivity index (χ0n) is 33.0. The van der Waals surface area contributed by atoms with Crippen molar-refractivity contribution in [2.75, 3.05) is 0 Å². The van der Waals surface area contributed by atoms with Crippen LogP contribution in [0.25, 0.3) is 107 Å². The Morgan fingerprint density at radius 2 is 0.639 bits per heavy atom. The van der Waals surface area contributed by atoms with Crippen molar-refractivity contribution in [1.82, 2.24) is 29.5 Å². The fourth-order valence-electron chi connectivity index (χ4n) is 8.18. The van der Waals surface area contributed by atoms with Crippen LogP contribution >= 0.6 is 0 Å². The van der Waals surface area contributed by atoms with Gasteiger partial charge in [-0.2, -0.15) is 0 Å². The fraction of sp³-hybridized carbons (Fsp3) is 0. The lowest BCUT2D eigenvalue weighted by Crippen LogP contribution is -2.02. The number of aromatic nitrogens is 6. The van der Waals surface area contributed by atoms with Crippen LogP contribution in [0.2, 0.25) is 0 Å². The third kappa shape index (κ3) is 6.72. The smallest absolute Gasteiger partial charge is 0.166 e. The number of hydrogen-bond donors (Lipinski definition) is 0. The molecular formula is C55H36N6. The lowest BCUT2D eigenvalue weighted by atomic mass is 10.00. The second-order valence-electron chi connectivity index (χ2n) is 14.9. The van der Waals surface area contributed by atoms with Crippen LogP contribution in [0.1, 0.15) is 0 Å². The van der Waals surface area contributed by atoms with E-state index in [1.165, 1.54) is 0 Å². The highest BCUT2D eigenvalue weighted by Crippen LogP contribution is 2.42. The van der Waals surface area contributed by atoms with E-state index in [0.29, 0.717) is 23.3 Å². The lowest BCUT2D eigenvalue weighted by molar-refractivity contribution is 1.07. The predicted molar refractivity (Wildman–Crippen MR) is 248 cm³/mol. The number of fused-ring (bicyclic) bond motifs is 3. The van der Waals surface area contributed by atoms with Gasteiger partial charge in [0.1, 0.15) is 0 Å². The van der Waals surface area contributed by atoms with Crippen molar-refractivity contribution in [2.45, 2.75) is 0 Å². The van der Waals surface area contributed by atoms with Gasteiger partial charge in [0.15, 0.2) is 23.3 Å². The van der Waals surface area contributed by atoms with Gasteiger partial charge in [0, 0.05) is 55.4 Å². The molecule has 0 spiro atoms. The Bertz CT molecular complexity index is 3200. The van der Waals surface area contributed by atoms with E-state index in [0.717, 1.165) is 83.4 Å². The zero-order valence-corrected chi connectivity index (χ0v) is 33.0. The van der Waals surface area contributed by atoms with Crippen LogP contribution in [0.5, 0.6) is 0 Å². The maximum Gasteiger partial charge on any atom is 0.166 e. The van der Waals surface area contributed by atoms with Gasteiger partial charge in [0.2, 0.25) is 0 Å². The molecule has 0 saturated carbocycles. The Labute approximate surface area is 353 Å². The second-order valence-corrected chi connectivity index (χ2v) is 14.9. The minimum absolute atomic E-state index is 0.608. The minimum Gasteiger partial charge on any atom is -0.308 e. The summed E-state index contributed by atoms with van der Waals surface area (Å²) in [7, 11) is 0. The van der Waals surface area contributed by atoms with Gasteiger partial charge in [-0.1, -0.05) is 194 Å². The molecule has 0 aliphatic heterocycles. The molecule has 3 heterocycles. The van der Waals surface area contributed by atoms with Crippen molar-refractivity contribution >= 4 is 21.8 Å². The third-order valence-electron chi connectivity index (χ3n) is 11.1. The Kier molecular flexibility index (Phi) is 9.06. The van der Waals surface area contributed by atoms with Crippen LogP contribution in [0.3, 0.4) is 0 Å². The van der Waals surface area contributed by atoms with E-state index in [9.17, 15) is 0 Å². The molecule has 0 fully saturated rings. The number of hydrogen-bond acceptors (Lipinski definition) is 5. The Morgan fingerprint density at radius 3 is 1.15 bits per heavy atom. The van der Waals surface area contributed by atoms with E-state index in [-0.39, 0.29) is 0 Å². The van der Waals surface area contributed by atoms with Crippen LogP contribution in [0.15, 0.2) is 218 Å². The van der Waals surface area contributed by atoms with Gasteiger partial charge in [-0.05, 0) is 29.8 Å². The number of rotatable bonds is 8. The monoisotopic (exact) mass is 780 g/mol. The molecule has 0 aliphatic rings. The van der Waals surface area contributed by atoms with Crippen molar-refractivity contribution in [3.8, 4) is 84.9 Å². The van der Waals surface area contributed by atoms with Crippen molar-refractivity contribution in [3.05, 3.63) is 218 Å². The molecular weight excluding hydrogens is 745 g/mol. The molecule has 0 radical (unpaired) electrons. The lowest BCUT2D eigenvalue weighted by Gasteiger charge is -2.14. The highest BCUT2D eigenvalue weighted by atomic mass is 15.0. The van der Waals surface area contributed by atoms with Crippen molar-refractivity contribution < 1.29 is 0 Å². The Hall–Kier alpha value is -8.35. The summed E-state index contributed by atoms with van der Waals surface area (Å²) in [5.74, 6) is 2.53. The summed E-state index contributed by atoms with van der Waals surface area (Å²) in [6.07, 6.45) is 0. The first-order valence-corrected chi connectivity index (χ1v) is 20.3. The second kappa shape index (κ2) is 15.4. The minimum atomic E-state index is 0.608. The van der Waals surface area contributed by atoms with Crippen molar-refractivity contribution in [3.63, 3.8) is 0 Å². The summed E-state index contributed by atoms with van der Waals surface area (Å²) in [5, 5.41) is 2.24. The molecule has 0 bridgehead atoms. The maximum atomic E-state index is 5.18. The van der Waals surface area contributed by atoms with Crippen LogP contribution < -0.4 is 0 Å². The molecule has 286 valence electrons. The van der Waals surface area contributed by atoms with Gasteiger partial charge in [-0.25, -0.2) is 24.9 Å². The van der Waals surface area contributed by atoms with E-state index in [4.69, 9.17) is 24.9 Å². The van der Waals surface area contributed by atoms with E-state index in [2.05, 4.69) is 126 Å². The third-order valence-corrected chi connectivity index (χ3v) is 11.1. The van der Waals surface area contributed by atoms with Gasteiger partial charge in [-0.3, -0.25) is 0 Å². The molecule has 0 saturated heterocycles. The molecule has 8 aromatic carbocycles. The Morgan fingerprint density at radius 1 is 0.262 bits per heavy atom. The largest absolute Gasteiger partial charge is 0.308 e. The van der Waals surface area contributed by atoms with Gasteiger partial charge < -0.3 is 4.57 Å². The molecule has 6 nitrogen and oxygen atoms in total. The quantitative estimate of drug-likeness (QED) is 0.154. The molecule has 11 rings (SSSR count). The molecule has 0 aliphatic carbocycles. The van der Waals surface area contributed by atoms with E-state index >= 15 is 0 Å². The number of benzene rings is 8. The standard InChI is InChI=1S/C55H36N6/c1-6-18-38(19-7-1)48-36-49(39-20-8-2-9-21-39)57-52(56-48)42-34-32-37(33-35-42)44-28-16-29-45-46-30-17-31-47(51(46)61(50(44)45)43-26-14-5-15-27-43)55-59-53(40-22-10-3-11-23-40)58-54(60-55)41-24-12-4-13-25-41/h1-36H. The van der Waals surface area contributed by atoms with Gasteiger partial charge in [-0.15, -0.1) is 0 Å². The topological polar surface area (TPSA) is 69.4 Å². The van der Waals surface area contributed by atoms with Crippen LogP contribution in [0.4, 0.5) is 0 Å². The molecule has 6 heteroatoms. The van der Waals surface area contributed by atoms with E-state index < -0.39 is 0 Å². The summed E-state index contributed by atoms with van der Waals surface area (Å²) in [4.78, 5) is 25.5.